The van der Waals surface area contributed by atoms with Gasteiger partial charge in [-0.05, 0) is 37.1 Å². The lowest BCUT2D eigenvalue weighted by Gasteiger charge is -2.21. The maximum Gasteiger partial charge on any atom is 0.418 e. The highest BCUT2D eigenvalue weighted by molar-refractivity contribution is 6.06. The highest BCUT2D eigenvalue weighted by atomic mass is 19.4. The first-order chi connectivity index (χ1) is 17.6. The maximum atomic E-state index is 13.5. The predicted molar refractivity (Wildman–Crippen MR) is 129 cm³/mol. The second kappa shape index (κ2) is 11.7. The summed E-state index contributed by atoms with van der Waals surface area (Å²) in [5.74, 6) is -1.43. The molecule has 12 heteroatoms. The minimum absolute atomic E-state index is 0.0859. The van der Waals surface area contributed by atoms with Crippen molar-refractivity contribution in [3.05, 3.63) is 71.3 Å². The van der Waals surface area contributed by atoms with Crippen LogP contribution in [0.2, 0.25) is 0 Å². The number of pyridine rings is 2. The number of methoxy groups -OCH3 is 1. The fourth-order valence-electron chi connectivity index (χ4n) is 3.69. The second-order valence-corrected chi connectivity index (χ2v) is 7.76. The van der Waals surface area contributed by atoms with Crippen molar-refractivity contribution in [1.29, 1.82) is 0 Å². The Morgan fingerprint density at radius 2 is 1.84 bits per heavy atom. The van der Waals surface area contributed by atoms with Gasteiger partial charge in [-0.25, -0.2) is 15.0 Å². The Hall–Kier alpha value is -3.54. The maximum absolute atomic E-state index is 13.5. The van der Waals surface area contributed by atoms with Crippen LogP contribution in [0.25, 0.3) is 0 Å². The van der Waals surface area contributed by atoms with E-state index in [0.29, 0.717) is 16.9 Å². The van der Waals surface area contributed by atoms with Gasteiger partial charge in [-0.2, -0.15) is 26.3 Å². The molecule has 0 bridgehead atoms. The van der Waals surface area contributed by atoms with E-state index < -0.39 is 23.8 Å². The van der Waals surface area contributed by atoms with E-state index in [1.54, 1.807) is 6.07 Å². The van der Waals surface area contributed by atoms with E-state index in [1.807, 2.05) is 13.8 Å². The van der Waals surface area contributed by atoms with E-state index >= 15 is 0 Å². The molecule has 0 saturated carbocycles. The van der Waals surface area contributed by atoms with Gasteiger partial charge in [-0.3, -0.25) is 4.98 Å². The zero-order chi connectivity index (χ0) is 27.2. The van der Waals surface area contributed by atoms with Gasteiger partial charge >= 0.3 is 12.4 Å². The molecule has 0 aliphatic carbocycles. The Labute approximate surface area is 209 Å². The Morgan fingerprint density at radius 3 is 2.51 bits per heavy atom. The quantitative estimate of drug-likeness (QED) is 0.446. The summed E-state index contributed by atoms with van der Waals surface area (Å²) in [6, 6.07) is 3.80. The lowest BCUT2D eigenvalue weighted by atomic mass is 9.98. The van der Waals surface area contributed by atoms with Crippen LogP contribution >= 0.6 is 0 Å². The van der Waals surface area contributed by atoms with Crippen molar-refractivity contribution in [2.24, 2.45) is 15.9 Å². The van der Waals surface area contributed by atoms with Gasteiger partial charge in [-0.15, -0.1) is 0 Å². The smallest absolute Gasteiger partial charge is 0.378 e. The number of hydrogen-bond acceptors (Lipinski definition) is 6. The molecule has 2 aromatic rings. The molecule has 2 aliphatic rings. The molecular weight excluding hydrogens is 500 g/mol. The standard InChI is InChI=1S/C23H19F6N5O.C2H6/c1-35-12-14-11-18(33-19-7-4-13(8-10-30-19)22(24,25)26)15-5-6-17(34-21(15)32-14)20-16(23(27,28)29)3-2-9-31-20;1-2/h2-4,7-11,13H,5-6,12H2,1H3,(H,30,32,33);1-2H3. The predicted octanol–water partition coefficient (Wildman–Crippen LogP) is 6.81. The molecule has 1 atom stereocenters. The van der Waals surface area contributed by atoms with Gasteiger partial charge in [0.15, 0.2) is 5.82 Å². The van der Waals surface area contributed by atoms with Gasteiger partial charge in [0.1, 0.15) is 5.84 Å². The first kappa shape index (κ1) is 28.0. The van der Waals surface area contributed by atoms with E-state index in [4.69, 9.17) is 4.74 Å². The third kappa shape index (κ3) is 6.82. The Kier molecular flexibility index (Phi) is 8.85. The van der Waals surface area contributed by atoms with Crippen LogP contribution in [0.3, 0.4) is 0 Å². The molecule has 0 amide bonds. The number of hydrogen-bond donors (Lipinski definition) is 1. The first-order valence-corrected chi connectivity index (χ1v) is 11.4. The number of aromatic nitrogens is 2. The van der Waals surface area contributed by atoms with Crippen LogP contribution in [0.1, 0.15) is 42.8 Å². The van der Waals surface area contributed by atoms with Crippen molar-refractivity contribution in [3.8, 4) is 0 Å². The highest BCUT2D eigenvalue weighted by Crippen LogP contribution is 2.36. The summed E-state index contributed by atoms with van der Waals surface area (Å²) in [7, 11) is 1.45. The zero-order valence-corrected chi connectivity index (χ0v) is 20.3. The number of anilines is 1. The normalized spacial score (nSPS) is 17.2. The van der Waals surface area contributed by atoms with Gasteiger partial charge < -0.3 is 10.1 Å². The van der Waals surface area contributed by atoms with Crippen LogP contribution < -0.4 is 5.32 Å². The molecule has 1 unspecified atom stereocenters. The van der Waals surface area contributed by atoms with Crippen LogP contribution in [0.4, 0.5) is 37.8 Å². The van der Waals surface area contributed by atoms with Crippen molar-refractivity contribution in [3.63, 3.8) is 0 Å². The van der Waals surface area contributed by atoms with Crippen LogP contribution in [-0.2, 0) is 23.9 Å². The van der Waals surface area contributed by atoms with E-state index in [2.05, 4.69) is 25.3 Å². The lowest BCUT2D eigenvalue weighted by molar-refractivity contribution is -0.148. The summed E-state index contributed by atoms with van der Waals surface area (Å²) >= 11 is 0. The monoisotopic (exact) mass is 525 g/mol. The molecule has 0 radical (unpaired) electrons. The number of amidine groups is 1. The van der Waals surface area contributed by atoms with Crippen molar-refractivity contribution in [2.45, 2.75) is 45.6 Å². The van der Waals surface area contributed by atoms with Crippen LogP contribution in [0, 0.1) is 5.92 Å². The molecule has 2 aromatic heterocycles. The van der Waals surface area contributed by atoms with Crippen LogP contribution in [0.15, 0.2) is 58.8 Å². The molecule has 0 aromatic carbocycles. The van der Waals surface area contributed by atoms with E-state index in [-0.39, 0.29) is 42.5 Å². The number of nitrogens with one attached hydrogen (secondary N) is 1. The van der Waals surface area contributed by atoms with Gasteiger partial charge in [0.25, 0.3) is 0 Å². The molecule has 0 fully saturated rings. The van der Waals surface area contributed by atoms with Crippen molar-refractivity contribution in [2.75, 3.05) is 12.4 Å². The fraction of sp³-hybridized carbons (Fsp3) is 0.360. The minimum atomic E-state index is -4.60. The van der Waals surface area contributed by atoms with Gasteiger partial charge in [0.2, 0.25) is 0 Å². The molecule has 2 aliphatic heterocycles. The van der Waals surface area contributed by atoms with Crippen molar-refractivity contribution < 1.29 is 31.1 Å². The molecule has 0 spiro atoms. The number of alkyl halides is 6. The summed E-state index contributed by atoms with van der Waals surface area (Å²) in [4.78, 5) is 16.7. The van der Waals surface area contributed by atoms with Crippen LogP contribution in [-0.4, -0.2) is 34.8 Å². The number of nitrogens with zero attached hydrogens (tertiary/aromatic N) is 4. The molecule has 4 rings (SSSR count). The molecule has 37 heavy (non-hydrogen) atoms. The van der Waals surface area contributed by atoms with Gasteiger partial charge in [0.05, 0.1) is 35.2 Å². The van der Waals surface area contributed by atoms with Crippen LogP contribution in [0.5, 0.6) is 0 Å². The Morgan fingerprint density at radius 1 is 1.08 bits per heavy atom. The molecule has 4 heterocycles. The molecule has 6 nitrogen and oxygen atoms in total. The third-order valence-corrected chi connectivity index (χ3v) is 5.30. The zero-order valence-electron chi connectivity index (χ0n) is 20.3. The summed E-state index contributed by atoms with van der Waals surface area (Å²) in [5.41, 5.74) is 0.480. The summed E-state index contributed by atoms with van der Waals surface area (Å²) in [5, 5.41) is 2.99. The number of allylic oxidation sites excluding steroid dienone is 2. The van der Waals surface area contributed by atoms with Crippen molar-refractivity contribution in [1.82, 2.24) is 9.97 Å². The number of fused-ring (bicyclic) bond motifs is 1. The second-order valence-electron chi connectivity index (χ2n) is 7.76. The number of rotatable bonds is 4. The highest BCUT2D eigenvalue weighted by Gasteiger charge is 2.37. The Balaban J connectivity index is 0.00000186. The first-order valence-electron chi connectivity index (χ1n) is 11.4. The molecule has 198 valence electrons. The molecular formula is C25H25F6N5O. The average Bonchev–Trinajstić information content (AvgIpc) is 3.10. The average molecular weight is 525 g/mol. The van der Waals surface area contributed by atoms with Gasteiger partial charge in [0, 0.05) is 30.8 Å². The Bertz CT molecular complexity index is 1230. The molecule has 1 N–H and O–H groups in total. The number of aliphatic imine (C=N–C) groups is 2. The van der Waals surface area contributed by atoms with E-state index in [0.717, 1.165) is 24.4 Å². The summed E-state index contributed by atoms with van der Waals surface area (Å²) in [6.45, 7) is 4.09. The summed E-state index contributed by atoms with van der Waals surface area (Å²) in [6.07, 6.45) is -3.12. The largest absolute Gasteiger partial charge is 0.418 e. The SMILES string of the molecule is CC.COCc1cc(NC2=NC=CC(C(F)(F)F)C=C2)c2c(n1)N=C(c1ncccc1C(F)(F)F)CC2. The lowest BCUT2D eigenvalue weighted by Crippen LogP contribution is -2.20. The van der Waals surface area contributed by atoms with Crippen molar-refractivity contribution >= 4 is 23.1 Å². The molecule has 0 saturated heterocycles. The minimum Gasteiger partial charge on any atom is -0.378 e. The van der Waals surface area contributed by atoms with E-state index in [1.165, 1.54) is 25.4 Å². The number of halogens is 6. The fourth-order valence-corrected chi connectivity index (χ4v) is 3.69. The van der Waals surface area contributed by atoms with E-state index in [9.17, 15) is 26.3 Å². The third-order valence-electron chi connectivity index (χ3n) is 5.30. The number of ether oxygens (including phenoxy) is 1. The topological polar surface area (TPSA) is 71.8 Å². The van der Waals surface area contributed by atoms with Gasteiger partial charge in [-0.1, -0.05) is 26.0 Å². The summed E-state index contributed by atoms with van der Waals surface area (Å²) < 4.78 is 84.7.